The SMILES string of the molecule is CC[C@]12C[C@H](OC(C)=O)CN3CCC[C@@]4(c5ccc(OC)cc5N(C)[C@H]4[C@@](O)(C(=O)OC)C1)[C@@H]32. The van der Waals surface area contributed by atoms with Gasteiger partial charge in [-0.2, -0.15) is 0 Å². The van der Waals surface area contributed by atoms with Crippen molar-refractivity contribution in [2.75, 3.05) is 39.3 Å². The van der Waals surface area contributed by atoms with Crippen molar-refractivity contribution in [2.24, 2.45) is 5.41 Å². The number of esters is 2. The number of methoxy groups -OCH3 is 2. The Labute approximate surface area is 201 Å². The van der Waals surface area contributed by atoms with Crippen LogP contribution in [0.4, 0.5) is 5.69 Å². The Morgan fingerprint density at radius 3 is 2.65 bits per heavy atom. The van der Waals surface area contributed by atoms with Crippen LogP contribution in [0, 0.1) is 5.41 Å². The molecule has 1 saturated carbocycles. The molecule has 1 N–H and O–H groups in total. The van der Waals surface area contributed by atoms with Gasteiger partial charge in [-0.05, 0) is 55.7 Å². The molecule has 1 spiro atoms. The molecule has 3 heterocycles. The molecule has 1 aliphatic carbocycles. The highest BCUT2D eigenvalue weighted by atomic mass is 16.5. The highest BCUT2D eigenvalue weighted by Crippen LogP contribution is 2.67. The summed E-state index contributed by atoms with van der Waals surface area (Å²) in [5, 5.41) is 12.3. The zero-order chi connectivity index (χ0) is 24.5. The molecule has 1 aromatic carbocycles. The number of hydrogen-bond donors (Lipinski definition) is 1. The number of fused-ring (bicyclic) bond motifs is 1. The fourth-order valence-corrected chi connectivity index (χ4v) is 8.40. The number of nitrogens with zero attached hydrogens (tertiary/aromatic N) is 2. The second-order valence-electron chi connectivity index (χ2n) is 10.7. The molecule has 5 rings (SSSR count). The molecular formula is C26H36N2O6. The molecule has 4 aliphatic rings. The molecule has 186 valence electrons. The minimum atomic E-state index is -1.70. The second-order valence-corrected chi connectivity index (χ2v) is 10.7. The first-order valence-electron chi connectivity index (χ1n) is 12.3. The predicted molar refractivity (Wildman–Crippen MR) is 126 cm³/mol. The third-order valence-electron chi connectivity index (χ3n) is 9.15. The Kier molecular flexibility index (Phi) is 5.41. The quantitative estimate of drug-likeness (QED) is 0.668. The van der Waals surface area contributed by atoms with Gasteiger partial charge in [0.15, 0.2) is 5.60 Å². The van der Waals surface area contributed by atoms with Gasteiger partial charge >= 0.3 is 11.9 Å². The number of carbonyl (C=O) groups excluding carboxylic acids is 2. The number of benzene rings is 1. The predicted octanol–water partition coefficient (Wildman–Crippen LogP) is 2.26. The topological polar surface area (TPSA) is 88.5 Å². The van der Waals surface area contributed by atoms with E-state index in [4.69, 9.17) is 14.2 Å². The van der Waals surface area contributed by atoms with Crippen molar-refractivity contribution in [1.82, 2.24) is 4.90 Å². The Hall–Kier alpha value is -2.32. The molecule has 34 heavy (non-hydrogen) atoms. The van der Waals surface area contributed by atoms with Crippen LogP contribution in [0.1, 0.15) is 51.5 Å². The van der Waals surface area contributed by atoms with Crippen LogP contribution in [0.3, 0.4) is 0 Å². The molecule has 0 amide bonds. The summed E-state index contributed by atoms with van der Waals surface area (Å²) in [5.41, 5.74) is -0.444. The molecule has 0 unspecified atom stereocenters. The number of anilines is 1. The number of likely N-dealkylation sites (N-methyl/N-ethyl adjacent to an activating group) is 1. The fraction of sp³-hybridized carbons (Fsp3) is 0.692. The van der Waals surface area contributed by atoms with E-state index in [0.717, 1.165) is 42.8 Å². The lowest BCUT2D eigenvalue weighted by molar-refractivity contribution is -0.214. The molecule has 0 aromatic heterocycles. The van der Waals surface area contributed by atoms with Gasteiger partial charge in [0.1, 0.15) is 11.9 Å². The highest BCUT2D eigenvalue weighted by Gasteiger charge is 2.75. The van der Waals surface area contributed by atoms with Crippen molar-refractivity contribution in [3.63, 3.8) is 0 Å². The Morgan fingerprint density at radius 2 is 2.00 bits per heavy atom. The maximum atomic E-state index is 13.4. The summed E-state index contributed by atoms with van der Waals surface area (Å²) in [6, 6.07) is 5.75. The molecular weight excluding hydrogens is 436 g/mol. The number of carbonyl (C=O) groups is 2. The van der Waals surface area contributed by atoms with Gasteiger partial charge < -0.3 is 24.2 Å². The zero-order valence-corrected chi connectivity index (χ0v) is 20.8. The number of hydrogen-bond acceptors (Lipinski definition) is 8. The maximum Gasteiger partial charge on any atom is 0.340 e. The molecule has 8 nitrogen and oxygen atoms in total. The summed E-state index contributed by atoms with van der Waals surface area (Å²) >= 11 is 0. The van der Waals surface area contributed by atoms with Crippen LogP contribution in [-0.4, -0.2) is 80.1 Å². The van der Waals surface area contributed by atoms with Crippen LogP contribution in [0.2, 0.25) is 0 Å². The fourth-order valence-electron chi connectivity index (χ4n) is 8.40. The van der Waals surface area contributed by atoms with Crippen LogP contribution in [0.15, 0.2) is 18.2 Å². The van der Waals surface area contributed by atoms with Crippen molar-refractivity contribution in [3.8, 4) is 5.75 Å². The van der Waals surface area contributed by atoms with Crippen molar-refractivity contribution in [3.05, 3.63) is 23.8 Å². The molecule has 3 aliphatic heterocycles. The van der Waals surface area contributed by atoms with Crippen molar-refractivity contribution < 1.29 is 28.9 Å². The average molecular weight is 473 g/mol. The summed E-state index contributed by atoms with van der Waals surface area (Å²) in [6.07, 6.45) is 3.17. The molecule has 8 heteroatoms. The lowest BCUT2D eigenvalue weighted by Crippen LogP contribution is -2.80. The van der Waals surface area contributed by atoms with Gasteiger partial charge in [-0.15, -0.1) is 0 Å². The number of ether oxygens (including phenoxy) is 3. The largest absolute Gasteiger partial charge is 0.497 e. The third kappa shape index (κ3) is 2.90. The van der Waals surface area contributed by atoms with Gasteiger partial charge in [-0.1, -0.05) is 13.0 Å². The van der Waals surface area contributed by atoms with Gasteiger partial charge in [0.05, 0.1) is 20.3 Å². The van der Waals surface area contributed by atoms with E-state index in [9.17, 15) is 14.7 Å². The summed E-state index contributed by atoms with van der Waals surface area (Å²) < 4.78 is 16.5. The molecule has 0 bridgehead atoms. The monoisotopic (exact) mass is 472 g/mol. The van der Waals surface area contributed by atoms with Gasteiger partial charge in [0.2, 0.25) is 0 Å². The van der Waals surface area contributed by atoms with Gasteiger partial charge in [-0.3, -0.25) is 9.69 Å². The van der Waals surface area contributed by atoms with Crippen LogP contribution in [0.25, 0.3) is 0 Å². The van der Waals surface area contributed by atoms with Crippen LogP contribution < -0.4 is 9.64 Å². The summed E-state index contributed by atoms with van der Waals surface area (Å²) in [7, 11) is 4.96. The molecule has 6 atom stereocenters. The van der Waals surface area contributed by atoms with Gasteiger partial charge in [-0.25, -0.2) is 4.79 Å². The van der Waals surface area contributed by atoms with E-state index in [2.05, 4.69) is 22.8 Å². The first-order valence-corrected chi connectivity index (χ1v) is 12.3. The van der Waals surface area contributed by atoms with E-state index in [1.807, 2.05) is 19.2 Å². The van der Waals surface area contributed by atoms with Crippen LogP contribution in [-0.2, 0) is 24.5 Å². The lowest BCUT2D eigenvalue weighted by atomic mass is 9.45. The first kappa shape index (κ1) is 23.4. The normalized spacial score (nSPS) is 38.4. The summed E-state index contributed by atoms with van der Waals surface area (Å²) in [5.74, 6) is -0.145. The van der Waals surface area contributed by atoms with E-state index in [0.29, 0.717) is 13.0 Å². The second kappa shape index (κ2) is 7.85. The molecule has 3 fully saturated rings. The van der Waals surface area contributed by atoms with E-state index < -0.39 is 28.4 Å². The van der Waals surface area contributed by atoms with Crippen LogP contribution >= 0.6 is 0 Å². The van der Waals surface area contributed by atoms with Crippen LogP contribution in [0.5, 0.6) is 5.75 Å². The van der Waals surface area contributed by atoms with Gasteiger partial charge in [0.25, 0.3) is 0 Å². The first-order chi connectivity index (χ1) is 16.2. The minimum Gasteiger partial charge on any atom is -0.497 e. The van der Waals surface area contributed by atoms with Gasteiger partial charge in [0, 0.05) is 43.7 Å². The van der Waals surface area contributed by atoms with Crippen molar-refractivity contribution in [2.45, 2.75) is 75.2 Å². The lowest BCUT2D eigenvalue weighted by Gasteiger charge is -2.68. The maximum absolute atomic E-state index is 13.4. The Morgan fingerprint density at radius 1 is 1.24 bits per heavy atom. The number of aliphatic hydroxyl groups is 1. The highest BCUT2D eigenvalue weighted by molar-refractivity contribution is 5.85. The molecule has 1 aromatic rings. The van der Waals surface area contributed by atoms with Crippen molar-refractivity contribution in [1.29, 1.82) is 0 Å². The molecule has 2 saturated heterocycles. The smallest absolute Gasteiger partial charge is 0.340 e. The van der Waals surface area contributed by atoms with E-state index in [-0.39, 0.29) is 24.5 Å². The molecule has 0 radical (unpaired) electrons. The average Bonchev–Trinajstić information content (AvgIpc) is 3.06. The van der Waals surface area contributed by atoms with E-state index >= 15 is 0 Å². The van der Waals surface area contributed by atoms with E-state index in [1.54, 1.807) is 7.11 Å². The third-order valence-corrected chi connectivity index (χ3v) is 9.15. The minimum absolute atomic E-state index is 0.109. The summed E-state index contributed by atoms with van der Waals surface area (Å²) in [6.45, 7) is 5.15. The van der Waals surface area contributed by atoms with Crippen molar-refractivity contribution >= 4 is 17.6 Å². The summed E-state index contributed by atoms with van der Waals surface area (Å²) in [4.78, 5) is 29.8. The standard InChI is InChI=1S/C26H36N2O6/c1-6-24-13-18(34-16(2)29)14-28-11-7-10-25(21(24)28)19-9-8-17(32-4)12-20(19)27(3)22(25)26(31,15-24)23(30)33-5/h8-9,12,18,21-22,31H,6-7,10-11,13-15H2,1-5H3/t18-,21-,22+,24-,25+,26+/m0/s1. The number of piperidine rings is 2. The Balaban J connectivity index is 1.76. The zero-order valence-electron chi connectivity index (χ0n) is 20.8. The van der Waals surface area contributed by atoms with E-state index in [1.165, 1.54) is 14.0 Å². The Bertz CT molecular complexity index is 1020. The number of rotatable bonds is 4.